The molecule has 1 aromatic carbocycles. The van der Waals surface area contributed by atoms with Crippen LogP contribution in [0, 0.1) is 0 Å². The number of aromatic nitrogens is 1. The van der Waals surface area contributed by atoms with Crippen molar-refractivity contribution in [1.82, 2.24) is 4.98 Å². The van der Waals surface area contributed by atoms with E-state index in [0.29, 0.717) is 15.9 Å². The molecule has 1 heterocycles. The summed E-state index contributed by atoms with van der Waals surface area (Å²) >= 11 is -0.0221. The van der Waals surface area contributed by atoms with Gasteiger partial charge in [-0.3, -0.25) is 10.1 Å². The Morgan fingerprint density at radius 1 is 1.55 bits per heavy atom. The Labute approximate surface area is 122 Å². The number of phenolic OH excluding ortho intramolecular Hbond substituents is 1. The van der Waals surface area contributed by atoms with Crippen molar-refractivity contribution in [3.63, 3.8) is 0 Å². The van der Waals surface area contributed by atoms with E-state index in [9.17, 15) is 14.5 Å². The van der Waals surface area contributed by atoms with Crippen molar-refractivity contribution >= 4 is 33.6 Å². The van der Waals surface area contributed by atoms with Gasteiger partial charge in [0, 0.05) is 17.2 Å². The lowest BCUT2D eigenvalue weighted by molar-refractivity contribution is 0.102. The first kappa shape index (κ1) is 14.6. The van der Waals surface area contributed by atoms with Crippen molar-refractivity contribution in [3.05, 3.63) is 29.1 Å². The number of thiazole rings is 1. The summed E-state index contributed by atoms with van der Waals surface area (Å²) in [7, 11) is 1.47. The quantitative estimate of drug-likeness (QED) is 0.840. The van der Waals surface area contributed by atoms with Crippen LogP contribution in [0.5, 0.6) is 11.5 Å². The van der Waals surface area contributed by atoms with E-state index in [1.807, 2.05) is 0 Å². The molecular formula is C12H12N2O4S2. The van der Waals surface area contributed by atoms with Crippen LogP contribution >= 0.6 is 11.3 Å². The van der Waals surface area contributed by atoms with E-state index in [1.165, 1.54) is 36.8 Å². The van der Waals surface area contributed by atoms with Crippen molar-refractivity contribution in [2.24, 2.45) is 0 Å². The highest BCUT2D eigenvalue weighted by atomic mass is 32.2. The SMILES string of the molecule is COc1ccc(C(=O)Nc2nc([S+](C)[O-])cs2)c(O)c1. The number of methoxy groups -OCH3 is 1. The first-order valence-corrected chi connectivity index (χ1v) is 7.92. The zero-order chi connectivity index (χ0) is 14.7. The van der Waals surface area contributed by atoms with Gasteiger partial charge >= 0.3 is 0 Å². The van der Waals surface area contributed by atoms with E-state index in [0.717, 1.165) is 0 Å². The lowest BCUT2D eigenvalue weighted by Gasteiger charge is -2.06. The molecule has 0 spiro atoms. The van der Waals surface area contributed by atoms with Crippen LogP contribution in [0.4, 0.5) is 5.13 Å². The largest absolute Gasteiger partial charge is 0.610 e. The normalized spacial score (nSPS) is 11.9. The third-order valence-electron chi connectivity index (χ3n) is 2.45. The van der Waals surface area contributed by atoms with Crippen LogP contribution in [-0.4, -0.2) is 33.9 Å². The second-order valence-electron chi connectivity index (χ2n) is 3.78. The Morgan fingerprint density at radius 3 is 2.85 bits per heavy atom. The average Bonchev–Trinajstić information content (AvgIpc) is 2.87. The summed E-state index contributed by atoms with van der Waals surface area (Å²) in [4.78, 5) is 16.0. The molecule has 2 rings (SSSR count). The Kier molecular flexibility index (Phi) is 4.48. The maximum atomic E-state index is 12.0. The van der Waals surface area contributed by atoms with E-state index < -0.39 is 17.1 Å². The second-order valence-corrected chi connectivity index (χ2v) is 5.97. The standard InChI is InChI=1S/C12H12N2O4S2/c1-18-7-3-4-8(9(15)5-7)11(16)14-12-13-10(6-19-12)20(2)17/h3-6,15H,1-2H3,(H,13,14,16). The Hall–Kier alpha value is -1.77. The molecule has 0 saturated carbocycles. The predicted octanol–water partition coefficient (Wildman–Crippen LogP) is 1.85. The maximum Gasteiger partial charge on any atom is 0.261 e. The molecule has 2 N–H and O–H groups in total. The number of phenols is 1. The van der Waals surface area contributed by atoms with Gasteiger partial charge < -0.3 is 14.4 Å². The molecule has 2 aromatic rings. The summed E-state index contributed by atoms with van der Waals surface area (Å²) in [5.74, 6) is -0.220. The number of hydrogen-bond donors (Lipinski definition) is 2. The minimum absolute atomic E-state index is 0.111. The third-order valence-corrected chi connectivity index (χ3v) is 4.15. The minimum atomic E-state index is -1.19. The van der Waals surface area contributed by atoms with E-state index in [-0.39, 0.29) is 11.3 Å². The van der Waals surface area contributed by atoms with Crippen LogP contribution in [0.15, 0.2) is 28.6 Å². The van der Waals surface area contributed by atoms with Gasteiger partial charge in [0.25, 0.3) is 10.9 Å². The van der Waals surface area contributed by atoms with Crippen molar-refractivity contribution in [3.8, 4) is 11.5 Å². The van der Waals surface area contributed by atoms with E-state index in [2.05, 4.69) is 10.3 Å². The highest BCUT2D eigenvalue weighted by Crippen LogP contribution is 2.25. The molecule has 1 amide bonds. The highest BCUT2D eigenvalue weighted by Gasteiger charge is 2.16. The Balaban J connectivity index is 2.15. The van der Waals surface area contributed by atoms with Crippen LogP contribution in [0.3, 0.4) is 0 Å². The number of hydrogen-bond acceptors (Lipinski definition) is 6. The number of benzene rings is 1. The number of nitrogens with one attached hydrogen (secondary N) is 1. The van der Waals surface area contributed by atoms with Gasteiger partial charge in [-0.15, -0.1) is 0 Å². The van der Waals surface area contributed by atoms with Gasteiger partial charge in [-0.2, -0.15) is 4.98 Å². The Bertz CT molecular complexity index is 628. The molecule has 6 nitrogen and oxygen atoms in total. The highest BCUT2D eigenvalue weighted by molar-refractivity contribution is 7.90. The molecule has 0 aliphatic heterocycles. The predicted molar refractivity (Wildman–Crippen MR) is 77.1 cm³/mol. The fourth-order valence-corrected chi connectivity index (χ4v) is 2.98. The van der Waals surface area contributed by atoms with Crippen LogP contribution in [0.2, 0.25) is 0 Å². The van der Waals surface area contributed by atoms with Crippen LogP contribution in [0.25, 0.3) is 0 Å². The number of aromatic hydroxyl groups is 1. The number of rotatable bonds is 4. The molecule has 0 fully saturated rings. The molecule has 1 atom stereocenters. The summed E-state index contributed by atoms with van der Waals surface area (Å²) < 4.78 is 16.2. The number of carbonyl (C=O) groups excluding carboxylic acids is 1. The van der Waals surface area contributed by atoms with Crippen molar-refractivity contribution in [2.75, 3.05) is 18.7 Å². The summed E-state index contributed by atoms with van der Waals surface area (Å²) in [6.45, 7) is 0. The van der Waals surface area contributed by atoms with Gasteiger partial charge in [-0.25, -0.2) is 0 Å². The van der Waals surface area contributed by atoms with Gasteiger partial charge in [0.15, 0.2) is 5.13 Å². The molecular weight excluding hydrogens is 300 g/mol. The molecule has 8 heteroatoms. The smallest absolute Gasteiger partial charge is 0.261 e. The number of carbonyl (C=O) groups is 1. The monoisotopic (exact) mass is 312 g/mol. The molecule has 0 bridgehead atoms. The van der Waals surface area contributed by atoms with E-state index in [4.69, 9.17) is 4.74 Å². The molecule has 0 aliphatic carbocycles. The first-order valence-electron chi connectivity index (χ1n) is 5.48. The van der Waals surface area contributed by atoms with Crippen molar-refractivity contribution in [1.29, 1.82) is 0 Å². The molecule has 0 saturated heterocycles. The van der Waals surface area contributed by atoms with Gasteiger partial charge in [0.2, 0.25) is 0 Å². The fraction of sp³-hybridized carbons (Fsp3) is 0.167. The zero-order valence-corrected chi connectivity index (χ0v) is 12.4. The number of amides is 1. The van der Waals surface area contributed by atoms with E-state index in [1.54, 1.807) is 11.4 Å². The van der Waals surface area contributed by atoms with Gasteiger partial charge in [0.05, 0.1) is 18.1 Å². The lowest BCUT2D eigenvalue weighted by Crippen LogP contribution is -2.12. The number of anilines is 1. The molecule has 106 valence electrons. The zero-order valence-electron chi connectivity index (χ0n) is 10.7. The third kappa shape index (κ3) is 3.21. The summed E-state index contributed by atoms with van der Waals surface area (Å²) in [5.41, 5.74) is 0.111. The fourth-order valence-electron chi connectivity index (χ4n) is 1.44. The van der Waals surface area contributed by atoms with Crippen molar-refractivity contribution in [2.45, 2.75) is 5.03 Å². The topological polar surface area (TPSA) is 94.5 Å². The summed E-state index contributed by atoms with van der Waals surface area (Å²) in [6, 6.07) is 4.38. The van der Waals surface area contributed by atoms with Crippen molar-refractivity contribution < 1.29 is 19.2 Å². The molecule has 1 unspecified atom stereocenters. The first-order chi connectivity index (χ1) is 9.51. The lowest BCUT2D eigenvalue weighted by atomic mass is 10.2. The number of nitrogens with zero attached hydrogens (tertiary/aromatic N) is 1. The molecule has 0 aliphatic rings. The van der Waals surface area contributed by atoms with Crippen LogP contribution < -0.4 is 10.1 Å². The Morgan fingerprint density at radius 2 is 2.30 bits per heavy atom. The van der Waals surface area contributed by atoms with E-state index >= 15 is 0 Å². The maximum absolute atomic E-state index is 12.0. The molecule has 20 heavy (non-hydrogen) atoms. The van der Waals surface area contributed by atoms with Crippen LogP contribution in [-0.2, 0) is 11.2 Å². The van der Waals surface area contributed by atoms with Crippen LogP contribution in [0.1, 0.15) is 10.4 Å². The average molecular weight is 312 g/mol. The molecule has 1 aromatic heterocycles. The second kappa shape index (κ2) is 6.12. The minimum Gasteiger partial charge on any atom is -0.610 e. The van der Waals surface area contributed by atoms with Gasteiger partial charge in [-0.1, -0.05) is 11.3 Å². The molecule has 0 radical (unpaired) electrons. The number of ether oxygens (including phenoxy) is 1. The summed E-state index contributed by atoms with van der Waals surface area (Å²) in [6.07, 6.45) is 1.51. The van der Waals surface area contributed by atoms with Gasteiger partial charge in [-0.05, 0) is 12.1 Å². The summed E-state index contributed by atoms with van der Waals surface area (Å²) in [5, 5.41) is 14.6. The van der Waals surface area contributed by atoms with Gasteiger partial charge in [0.1, 0.15) is 17.8 Å².